The van der Waals surface area contributed by atoms with Crippen LogP contribution in [-0.4, -0.2) is 28.0 Å². The van der Waals surface area contributed by atoms with E-state index in [-0.39, 0.29) is 0 Å². The number of allylic oxidation sites excluding steroid dienone is 4. The average Bonchev–Trinajstić information content (AvgIpc) is 3.15. The summed E-state index contributed by atoms with van der Waals surface area (Å²) in [6, 6.07) is 4.31. The fourth-order valence-electron chi connectivity index (χ4n) is 4.32. The van der Waals surface area contributed by atoms with E-state index in [9.17, 15) is 0 Å². The summed E-state index contributed by atoms with van der Waals surface area (Å²) in [6.45, 7) is 2.04. The van der Waals surface area contributed by atoms with E-state index in [1.807, 2.05) is 12.4 Å². The van der Waals surface area contributed by atoms with E-state index in [0.29, 0.717) is 5.92 Å². The van der Waals surface area contributed by atoms with Gasteiger partial charge < -0.3 is 10.3 Å². The topological polar surface area (TPSA) is 53.6 Å². The molecular weight excluding hydrogens is 356 g/mol. The van der Waals surface area contributed by atoms with E-state index < -0.39 is 0 Å². The molecule has 0 aromatic carbocycles. The Bertz CT molecular complexity index is 823. The number of aryl methyl sites for hydroxylation is 2. The van der Waals surface area contributed by atoms with Crippen LogP contribution in [0.1, 0.15) is 55.0 Å². The van der Waals surface area contributed by atoms with Crippen molar-refractivity contribution in [3.05, 3.63) is 70.1 Å². The summed E-state index contributed by atoms with van der Waals surface area (Å²) in [5.74, 6) is 0.417. The molecule has 2 aromatic rings. The lowest BCUT2D eigenvalue weighted by Crippen LogP contribution is -2.21. The SMILES string of the molecule is ClC1=CC2=C(CC1)C(CCNCCCc1cnc[nH]1)c1ncccc1CC2. The summed E-state index contributed by atoms with van der Waals surface area (Å²) in [5.41, 5.74) is 6.91. The molecule has 142 valence electrons. The number of pyridine rings is 1. The van der Waals surface area contributed by atoms with Gasteiger partial charge in [0.2, 0.25) is 0 Å². The zero-order chi connectivity index (χ0) is 18.5. The Hall–Kier alpha value is -1.91. The van der Waals surface area contributed by atoms with Gasteiger partial charge in [-0.1, -0.05) is 23.2 Å². The second-order valence-electron chi connectivity index (χ2n) is 7.46. The van der Waals surface area contributed by atoms with Crippen molar-refractivity contribution in [3.63, 3.8) is 0 Å². The van der Waals surface area contributed by atoms with Crippen molar-refractivity contribution in [1.82, 2.24) is 20.3 Å². The lowest BCUT2D eigenvalue weighted by Gasteiger charge is -2.25. The van der Waals surface area contributed by atoms with Gasteiger partial charge in [0, 0.05) is 29.0 Å². The van der Waals surface area contributed by atoms with E-state index in [0.717, 1.165) is 63.1 Å². The summed E-state index contributed by atoms with van der Waals surface area (Å²) in [6.07, 6.45) is 15.3. The van der Waals surface area contributed by atoms with Crippen LogP contribution in [0.3, 0.4) is 0 Å². The summed E-state index contributed by atoms with van der Waals surface area (Å²) in [7, 11) is 0. The number of fused-ring (bicyclic) bond motifs is 1. The largest absolute Gasteiger partial charge is 0.348 e. The first kappa shape index (κ1) is 18.5. The van der Waals surface area contributed by atoms with Crippen LogP contribution in [0.4, 0.5) is 0 Å². The maximum Gasteiger partial charge on any atom is 0.0921 e. The number of halogens is 1. The third-order valence-electron chi connectivity index (χ3n) is 5.68. The van der Waals surface area contributed by atoms with Gasteiger partial charge in [-0.2, -0.15) is 0 Å². The number of aromatic amines is 1. The molecule has 0 radical (unpaired) electrons. The molecule has 2 aromatic heterocycles. The lowest BCUT2D eigenvalue weighted by molar-refractivity contribution is 0.571. The average molecular weight is 383 g/mol. The zero-order valence-corrected chi connectivity index (χ0v) is 16.4. The predicted octanol–water partition coefficient (Wildman–Crippen LogP) is 4.66. The van der Waals surface area contributed by atoms with Gasteiger partial charge in [0.1, 0.15) is 0 Å². The highest BCUT2D eigenvalue weighted by molar-refractivity contribution is 6.29. The molecule has 1 unspecified atom stereocenters. The normalized spacial score (nSPS) is 19.3. The maximum atomic E-state index is 6.34. The minimum absolute atomic E-state index is 0.417. The van der Waals surface area contributed by atoms with Crippen LogP contribution in [0.25, 0.3) is 0 Å². The fraction of sp³-hybridized carbons (Fsp3) is 0.455. The van der Waals surface area contributed by atoms with Gasteiger partial charge in [0.25, 0.3) is 0 Å². The van der Waals surface area contributed by atoms with Gasteiger partial charge >= 0.3 is 0 Å². The Morgan fingerprint density at radius 3 is 3.04 bits per heavy atom. The quantitative estimate of drug-likeness (QED) is 0.685. The van der Waals surface area contributed by atoms with Gasteiger partial charge in [-0.05, 0) is 81.3 Å². The van der Waals surface area contributed by atoms with E-state index >= 15 is 0 Å². The van der Waals surface area contributed by atoms with Crippen LogP contribution in [0.15, 0.2) is 53.1 Å². The Balaban J connectivity index is 1.39. The second kappa shape index (κ2) is 8.85. The zero-order valence-electron chi connectivity index (χ0n) is 15.7. The number of H-pyrrole nitrogens is 1. The number of nitrogens with zero attached hydrogens (tertiary/aromatic N) is 2. The molecule has 2 aliphatic carbocycles. The number of aromatic nitrogens is 3. The Kier molecular flexibility index (Phi) is 6.05. The minimum Gasteiger partial charge on any atom is -0.348 e. The molecule has 0 fully saturated rings. The van der Waals surface area contributed by atoms with Gasteiger partial charge in [-0.3, -0.25) is 4.98 Å². The van der Waals surface area contributed by atoms with Gasteiger partial charge in [0.05, 0.1) is 12.0 Å². The molecule has 0 spiro atoms. The van der Waals surface area contributed by atoms with Crippen molar-refractivity contribution in [1.29, 1.82) is 0 Å². The molecule has 0 aliphatic heterocycles. The Morgan fingerprint density at radius 1 is 1.19 bits per heavy atom. The summed E-state index contributed by atoms with van der Waals surface area (Å²) in [5, 5.41) is 4.63. The number of imidazole rings is 1. The second-order valence-corrected chi connectivity index (χ2v) is 7.95. The van der Waals surface area contributed by atoms with Crippen LogP contribution < -0.4 is 5.32 Å². The predicted molar refractivity (Wildman–Crippen MR) is 110 cm³/mol. The summed E-state index contributed by atoms with van der Waals surface area (Å²) in [4.78, 5) is 12.0. The van der Waals surface area contributed by atoms with Crippen LogP contribution >= 0.6 is 11.6 Å². The van der Waals surface area contributed by atoms with E-state index in [4.69, 9.17) is 16.6 Å². The fourth-order valence-corrected chi connectivity index (χ4v) is 4.54. The number of hydrogen-bond acceptors (Lipinski definition) is 3. The lowest BCUT2D eigenvalue weighted by atomic mass is 9.83. The first-order valence-electron chi connectivity index (χ1n) is 10.0. The molecule has 5 heteroatoms. The standard InChI is InChI=1S/C22H27ClN4/c23-18-7-8-20-17(13-18)6-5-16-3-1-11-26-22(16)21(20)9-12-24-10-2-4-19-14-25-15-27-19/h1,3,11,13-15,21,24H,2,4-10,12H2,(H,25,27). The number of hydrogen-bond donors (Lipinski definition) is 2. The summed E-state index contributed by atoms with van der Waals surface area (Å²) < 4.78 is 0. The van der Waals surface area contributed by atoms with Crippen molar-refractivity contribution >= 4 is 11.6 Å². The first-order valence-corrected chi connectivity index (χ1v) is 10.4. The molecule has 27 heavy (non-hydrogen) atoms. The van der Waals surface area contributed by atoms with Crippen molar-refractivity contribution in [2.24, 2.45) is 0 Å². The van der Waals surface area contributed by atoms with Crippen molar-refractivity contribution in [2.45, 2.75) is 50.9 Å². The minimum atomic E-state index is 0.417. The highest BCUT2D eigenvalue weighted by atomic mass is 35.5. The monoisotopic (exact) mass is 382 g/mol. The molecule has 0 bridgehead atoms. The van der Waals surface area contributed by atoms with E-state index in [2.05, 4.69) is 33.5 Å². The van der Waals surface area contributed by atoms with Crippen molar-refractivity contribution in [2.75, 3.05) is 13.1 Å². The smallest absolute Gasteiger partial charge is 0.0921 e. The summed E-state index contributed by atoms with van der Waals surface area (Å²) >= 11 is 6.34. The molecule has 2 heterocycles. The molecular formula is C22H27ClN4. The molecule has 4 nitrogen and oxygen atoms in total. The molecule has 1 atom stereocenters. The molecule has 0 amide bonds. The molecule has 4 rings (SSSR count). The third-order valence-corrected chi connectivity index (χ3v) is 5.98. The number of rotatable bonds is 7. The molecule has 0 saturated carbocycles. The van der Waals surface area contributed by atoms with E-state index in [1.165, 1.54) is 22.5 Å². The van der Waals surface area contributed by atoms with Crippen LogP contribution in [-0.2, 0) is 12.8 Å². The van der Waals surface area contributed by atoms with Gasteiger partial charge in [-0.25, -0.2) is 4.98 Å². The van der Waals surface area contributed by atoms with Gasteiger partial charge in [0.15, 0.2) is 0 Å². The molecule has 2 aliphatic rings. The Labute approximate surface area is 166 Å². The van der Waals surface area contributed by atoms with Crippen LogP contribution in [0.5, 0.6) is 0 Å². The first-order chi connectivity index (χ1) is 13.3. The maximum absolute atomic E-state index is 6.34. The molecule has 2 N–H and O–H groups in total. The Morgan fingerprint density at radius 2 is 2.15 bits per heavy atom. The van der Waals surface area contributed by atoms with Crippen LogP contribution in [0, 0.1) is 0 Å². The van der Waals surface area contributed by atoms with Crippen molar-refractivity contribution < 1.29 is 0 Å². The third kappa shape index (κ3) is 4.50. The van der Waals surface area contributed by atoms with Crippen LogP contribution in [0.2, 0.25) is 0 Å². The van der Waals surface area contributed by atoms with Crippen molar-refractivity contribution in [3.8, 4) is 0 Å². The van der Waals surface area contributed by atoms with Gasteiger partial charge in [-0.15, -0.1) is 0 Å². The highest BCUT2D eigenvalue weighted by Gasteiger charge is 2.27. The highest BCUT2D eigenvalue weighted by Crippen LogP contribution is 2.42. The number of nitrogens with one attached hydrogen (secondary N) is 2. The molecule has 0 saturated heterocycles. The van der Waals surface area contributed by atoms with E-state index in [1.54, 1.807) is 11.9 Å².